The van der Waals surface area contributed by atoms with Crippen molar-refractivity contribution in [1.29, 1.82) is 0 Å². The Balaban J connectivity index is 2.34. The summed E-state index contributed by atoms with van der Waals surface area (Å²) in [5, 5.41) is 9.41. The van der Waals surface area contributed by atoms with Crippen molar-refractivity contribution >= 4 is 27.8 Å². The monoisotopic (exact) mass is 342 g/mol. The van der Waals surface area contributed by atoms with Crippen LogP contribution in [0.4, 0.5) is 0 Å². The molecule has 1 atom stereocenters. The second-order valence-corrected chi connectivity index (χ2v) is 6.29. The van der Waals surface area contributed by atoms with Crippen molar-refractivity contribution in [3.8, 4) is 0 Å². The van der Waals surface area contributed by atoms with E-state index in [1.807, 2.05) is 17.7 Å². The van der Waals surface area contributed by atoms with Gasteiger partial charge in [-0.15, -0.1) is 0 Å². The Labute approximate surface area is 126 Å². The molecular weight excluding hydrogens is 324 g/mol. The minimum atomic E-state index is -1.09. The molecule has 1 saturated heterocycles. The number of likely N-dealkylation sites (tertiary alicyclic amines) is 1. The first-order chi connectivity index (χ1) is 9.40. The fourth-order valence-electron chi connectivity index (χ4n) is 2.73. The first-order valence-electron chi connectivity index (χ1n) is 6.81. The second kappa shape index (κ2) is 5.60. The zero-order valence-electron chi connectivity index (χ0n) is 11.7. The van der Waals surface area contributed by atoms with E-state index in [1.165, 1.54) is 4.90 Å². The summed E-state index contributed by atoms with van der Waals surface area (Å²) in [6.45, 7) is 4.91. The normalized spacial score (nSPS) is 22.2. The van der Waals surface area contributed by atoms with Crippen LogP contribution in [0.5, 0.6) is 0 Å². The van der Waals surface area contributed by atoms with Crippen LogP contribution in [0.3, 0.4) is 0 Å². The molecule has 2 rings (SSSR count). The van der Waals surface area contributed by atoms with Crippen LogP contribution in [0.25, 0.3) is 0 Å². The number of carbonyl (C=O) groups excluding carboxylic acids is 1. The van der Waals surface area contributed by atoms with Crippen LogP contribution in [0.1, 0.15) is 43.6 Å². The smallest absolute Gasteiger partial charge is 0.329 e. The minimum absolute atomic E-state index is 0.202. The third-order valence-electron chi connectivity index (χ3n) is 3.89. The van der Waals surface area contributed by atoms with Crippen LogP contribution in [0.15, 0.2) is 16.7 Å². The quantitative estimate of drug-likeness (QED) is 0.914. The van der Waals surface area contributed by atoms with Gasteiger partial charge in [-0.25, -0.2) is 4.79 Å². The third-order valence-corrected chi connectivity index (χ3v) is 4.33. The molecular formula is C14H19BrN2O3. The van der Waals surface area contributed by atoms with Gasteiger partial charge in [-0.2, -0.15) is 0 Å². The number of carboxylic acid groups (broad SMARTS) is 1. The van der Waals surface area contributed by atoms with Crippen molar-refractivity contribution in [2.24, 2.45) is 0 Å². The Kier molecular flexibility index (Phi) is 4.22. The van der Waals surface area contributed by atoms with Crippen LogP contribution < -0.4 is 0 Å². The molecule has 1 unspecified atom stereocenters. The molecule has 0 saturated carbocycles. The Hall–Kier alpha value is -1.30. The molecule has 1 amide bonds. The van der Waals surface area contributed by atoms with Crippen LogP contribution in [-0.2, 0) is 11.3 Å². The Morgan fingerprint density at radius 2 is 2.20 bits per heavy atom. The number of amides is 1. The van der Waals surface area contributed by atoms with Crippen molar-refractivity contribution in [3.63, 3.8) is 0 Å². The van der Waals surface area contributed by atoms with Gasteiger partial charge in [0, 0.05) is 23.8 Å². The van der Waals surface area contributed by atoms with Gasteiger partial charge in [0.15, 0.2) is 0 Å². The van der Waals surface area contributed by atoms with E-state index in [4.69, 9.17) is 0 Å². The molecule has 1 fully saturated rings. The lowest BCUT2D eigenvalue weighted by molar-refractivity contribution is -0.147. The lowest BCUT2D eigenvalue weighted by Crippen LogP contribution is -2.51. The Morgan fingerprint density at radius 1 is 1.50 bits per heavy atom. The van der Waals surface area contributed by atoms with E-state index in [-0.39, 0.29) is 5.91 Å². The average Bonchev–Trinajstić information content (AvgIpc) is 2.94. The lowest BCUT2D eigenvalue weighted by atomic mass is 9.99. The number of aliphatic carboxylic acids is 1. The van der Waals surface area contributed by atoms with Gasteiger partial charge in [-0.05, 0) is 48.2 Å². The maximum absolute atomic E-state index is 12.7. The number of hydrogen-bond donors (Lipinski definition) is 1. The summed E-state index contributed by atoms with van der Waals surface area (Å²) in [7, 11) is 0. The van der Waals surface area contributed by atoms with Crippen LogP contribution in [0, 0.1) is 0 Å². The summed E-state index contributed by atoms with van der Waals surface area (Å²) >= 11 is 3.38. The lowest BCUT2D eigenvalue weighted by Gasteiger charge is -2.31. The highest BCUT2D eigenvalue weighted by atomic mass is 79.9. The van der Waals surface area contributed by atoms with Crippen molar-refractivity contribution in [2.75, 3.05) is 6.54 Å². The average molecular weight is 343 g/mol. The highest BCUT2D eigenvalue weighted by Crippen LogP contribution is 2.31. The number of nitrogens with zero attached hydrogens (tertiary/aromatic N) is 2. The number of carboxylic acids is 1. The number of aryl methyl sites for hydroxylation is 1. The largest absolute Gasteiger partial charge is 0.480 e. The summed E-state index contributed by atoms with van der Waals surface area (Å²) in [4.78, 5) is 25.7. The van der Waals surface area contributed by atoms with Crippen molar-refractivity contribution < 1.29 is 14.7 Å². The molecule has 0 aliphatic carbocycles. The summed E-state index contributed by atoms with van der Waals surface area (Å²) in [5.41, 5.74) is -0.543. The van der Waals surface area contributed by atoms with Gasteiger partial charge < -0.3 is 14.6 Å². The van der Waals surface area contributed by atoms with E-state index in [0.29, 0.717) is 18.7 Å². The molecule has 1 aromatic rings. The predicted octanol–water partition coefficient (Wildman–Crippen LogP) is 2.74. The SMILES string of the molecule is CCCn1cc(Br)cc1C(=O)N1CCCC1(C)C(=O)O. The van der Waals surface area contributed by atoms with Gasteiger partial charge in [0.05, 0.1) is 0 Å². The molecule has 0 aromatic carbocycles. The predicted molar refractivity (Wildman–Crippen MR) is 78.7 cm³/mol. The Morgan fingerprint density at radius 3 is 2.80 bits per heavy atom. The minimum Gasteiger partial charge on any atom is -0.480 e. The topological polar surface area (TPSA) is 62.5 Å². The van der Waals surface area contributed by atoms with Gasteiger partial charge in [0.25, 0.3) is 5.91 Å². The van der Waals surface area contributed by atoms with Crippen molar-refractivity contribution in [3.05, 3.63) is 22.4 Å². The fraction of sp³-hybridized carbons (Fsp3) is 0.571. The van der Waals surface area contributed by atoms with Crippen molar-refractivity contribution in [2.45, 2.75) is 45.2 Å². The molecule has 110 valence electrons. The van der Waals surface area contributed by atoms with E-state index < -0.39 is 11.5 Å². The molecule has 0 bridgehead atoms. The summed E-state index contributed by atoms with van der Waals surface area (Å²) in [6.07, 6.45) is 4.01. The van der Waals surface area contributed by atoms with E-state index in [0.717, 1.165) is 23.9 Å². The fourth-order valence-corrected chi connectivity index (χ4v) is 3.19. The molecule has 5 nitrogen and oxygen atoms in total. The van der Waals surface area contributed by atoms with Gasteiger partial charge in [0.2, 0.25) is 0 Å². The van der Waals surface area contributed by atoms with Gasteiger partial charge in [-0.3, -0.25) is 4.79 Å². The standard InChI is InChI=1S/C14H19BrN2O3/c1-3-6-16-9-10(15)8-11(16)12(18)17-7-4-5-14(17,2)13(19)20/h8-9H,3-7H2,1-2H3,(H,19,20). The third kappa shape index (κ3) is 2.49. The summed E-state index contributed by atoms with van der Waals surface area (Å²) < 4.78 is 2.72. The van der Waals surface area contributed by atoms with Gasteiger partial charge in [-0.1, -0.05) is 6.92 Å². The van der Waals surface area contributed by atoms with Gasteiger partial charge in [0.1, 0.15) is 11.2 Å². The zero-order chi connectivity index (χ0) is 14.9. The van der Waals surface area contributed by atoms with Gasteiger partial charge >= 0.3 is 5.97 Å². The molecule has 1 aliphatic rings. The maximum Gasteiger partial charge on any atom is 0.329 e. The first-order valence-corrected chi connectivity index (χ1v) is 7.60. The zero-order valence-corrected chi connectivity index (χ0v) is 13.3. The molecule has 1 aromatic heterocycles. The Bertz CT molecular complexity index is 541. The summed E-state index contributed by atoms with van der Waals surface area (Å²) in [6, 6.07) is 1.76. The molecule has 6 heteroatoms. The number of carbonyl (C=O) groups is 2. The first kappa shape index (κ1) is 15.1. The van der Waals surface area contributed by atoms with E-state index in [9.17, 15) is 14.7 Å². The van der Waals surface area contributed by atoms with Crippen molar-refractivity contribution in [1.82, 2.24) is 9.47 Å². The maximum atomic E-state index is 12.7. The summed E-state index contributed by atoms with van der Waals surface area (Å²) in [5.74, 6) is -1.14. The highest BCUT2D eigenvalue weighted by Gasteiger charge is 2.46. The molecule has 20 heavy (non-hydrogen) atoms. The van der Waals surface area contributed by atoms with E-state index in [1.54, 1.807) is 13.0 Å². The van der Waals surface area contributed by atoms with Crippen LogP contribution in [-0.4, -0.2) is 38.5 Å². The highest BCUT2D eigenvalue weighted by molar-refractivity contribution is 9.10. The van der Waals surface area contributed by atoms with Crippen LogP contribution >= 0.6 is 15.9 Å². The van der Waals surface area contributed by atoms with E-state index in [2.05, 4.69) is 15.9 Å². The number of halogens is 1. The number of hydrogen-bond acceptors (Lipinski definition) is 2. The van der Waals surface area contributed by atoms with E-state index >= 15 is 0 Å². The number of rotatable bonds is 4. The molecule has 1 aliphatic heterocycles. The molecule has 1 N–H and O–H groups in total. The number of aromatic nitrogens is 1. The second-order valence-electron chi connectivity index (χ2n) is 5.38. The molecule has 0 spiro atoms. The van der Waals surface area contributed by atoms with Crippen LogP contribution in [0.2, 0.25) is 0 Å². The molecule has 0 radical (unpaired) electrons. The molecule has 2 heterocycles.